The van der Waals surface area contributed by atoms with Crippen LogP contribution < -0.4 is 10.6 Å². The van der Waals surface area contributed by atoms with Gasteiger partial charge in [-0.3, -0.25) is 14.7 Å². The van der Waals surface area contributed by atoms with Crippen LogP contribution in [0.25, 0.3) is 10.9 Å². The predicted octanol–water partition coefficient (Wildman–Crippen LogP) is 5.10. The minimum atomic E-state index is -0.449. The van der Waals surface area contributed by atoms with Gasteiger partial charge in [0.05, 0.1) is 16.7 Å². The fourth-order valence-corrected chi connectivity index (χ4v) is 6.48. The molecule has 3 N–H and O–H groups in total. The highest BCUT2D eigenvalue weighted by molar-refractivity contribution is 6.35. The number of carbonyl (C=O) groups is 3. The van der Waals surface area contributed by atoms with Gasteiger partial charge >= 0.3 is 0 Å². The van der Waals surface area contributed by atoms with E-state index in [1.54, 1.807) is 6.20 Å². The highest BCUT2D eigenvalue weighted by atomic mass is 35.5. The Morgan fingerprint density at radius 1 is 1.23 bits per heavy atom. The zero-order chi connectivity index (χ0) is 31.1. The van der Waals surface area contributed by atoms with Gasteiger partial charge in [-0.2, -0.15) is 5.10 Å². The molecule has 1 aromatic heterocycles. The highest BCUT2D eigenvalue weighted by Gasteiger charge is 2.27. The molecule has 10 heteroatoms. The fraction of sp³-hybridized carbons (Fsp3) is 0.515. The predicted molar refractivity (Wildman–Crippen MR) is 172 cm³/mol. The smallest absolute Gasteiger partial charge is 0.223 e. The van der Waals surface area contributed by atoms with Crippen molar-refractivity contribution in [2.75, 3.05) is 32.0 Å². The van der Waals surface area contributed by atoms with E-state index in [9.17, 15) is 14.4 Å². The molecule has 1 fully saturated rings. The summed E-state index contributed by atoms with van der Waals surface area (Å²) in [5.41, 5.74) is 6.19. The lowest BCUT2D eigenvalue weighted by atomic mass is 9.91. The van der Waals surface area contributed by atoms with Crippen LogP contribution >= 0.6 is 11.6 Å². The summed E-state index contributed by atoms with van der Waals surface area (Å²) in [5.74, 6) is -0.445. The molecule has 2 heterocycles. The van der Waals surface area contributed by atoms with Crippen molar-refractivity contribution in [3.63, 3.8) is 0 Å². The molecule has 0 bridgehead atoms. The number of amides is 2. The van der Waals surface area contributed by atoms with Gasteiger partial charge in [0.2, 0.25) is 12.3 Å². The maximum atomic E-state index is 13.4. The molecule has 2 aromatic carbocycles. The lowest BCUT2D eigenvalue weighted by Crippen LogP contribution is -2.43. The molecule has 9 nitrogen and oxygen atoms in total. The van der Waals surface area contributed by atoms with Crippen LogP contribution in [0.15, 0.2) is 30.5 Å². The number of anilines is 1. The van der Waals surface area contributed by atoms with Gasteiger partial charge in [0, 0.05) is 62.2 Å². The SMILES string of the molecule is Cc1cccc(CNC=O)c1NC1CCN(C(=O)CC(C=O)Cc2cc(Cl)c3[nH]ncc3c2CN(C)CC(C)(C)C)CC1. The second-order valence-corrected chi connectivity index (χ2v) is 13.5. The Kier molecular flexibility index (Phi) is 10.8. The van der Waals surface area contributed by atoms with E-state index in [0.29, 0.717) is 44.0 Å². The number of rotatable bonds is 13. The number of benzene rings is 2. The number of aromatic amines is 1. The average Bonchev–Trinajstić information content (AvgIpc) is 3.45. The number of nitrogens with one attached hydrogen (secondary N) is 3. The summed E-state index contributed by atoms with van der Waals surface area (Å²) in [4.78, 5) is 40.6. The maximum absolute atomic E-state index is 13.4. The van der Waals surface area contributed by atoms with Crippen molar-refractivity contribution in [1.82, 2.24) is 25.3 Å². The number of aldehydes is 1. The number of halogens is 1. The van der Waals surface area contributed by atoms with E-state index in [1.165, 1.54) is 0 Å². The second kappa shape index (κ2) is 14.4. The monoisotopic (exact) mass is 608 g/mol. The van der Waals surface area contributed by atoms with E-state index in [0.717, 1.165) is 64.5 Å². The lowest BCUT2D eigenvalue weighted by Gasteiger charge is -2.34. The topological polar surface area (TPSA) is 110 Å². The quantitative estimate of drug-likeness (QED) is 0.233. The summed E-state index contributed by atoms with van der Waals surface area (Å²) in [5, 5.41) is 15.1. The number of nitrogens with zero attached hydrogens (tertiary/aromatic N) is 3. The van der Waals surface area contributed by atoms with Crippen LogP contribution in [0.4, 0.5) is 5.69 Å². The van der Waals surface area contributed by atoms with Crippen molar-refractivity contribution in [2.24, 2.45) is 11.3 Å². The number of likely N-dealkylation sites (tertiary alicyclic amines) is 1. The number of para-hydroxylation sites is 1. The Labute approximate surface area is 259 Å². The largest absolute Gasteiger partial charge is 0.382 e. The first-order chi connectivity index (χ1) is 20.5. The summed E-state index contributed by atoms with van der Waals surface area (Å²) < 4.78 is 0. The number of aryl methyl sites for hydroxylation is 1. The third kappa shape index (κ3) is 8.57. The molecule has 0 radical (unpaired) electrons. The molecular weight excluding hydrogens is 564 g/mol. The summed E-state index contributed by atoms with van der Waals surface area (Å²) in [6.45, 7) is 12.0. The lowest BCUT2D eigenvalue weighted by molar-refractivity contribution is -0.134. The maximum Gasteiger partial charge on any atom is 0.223 e. The zero-order valence-corrected chi connectivity index (χ0v) is 26.8. The molecule has 2 amide bonds. The number of H-pyrrole nitrogens is 1. The van der Waals surface area contributed by atoms with Gasteiger partial charge in [0.1, 0.15) is 6.29 Å². The molecule has 0 aliphatic carbocycles. The van der Waals surface area contributed by atoms with Gasteiger partial charge in [-0.1, -0.05) is 50.6 Å². The summed E-state index contributed by atoms with van der Waals surface area (Å²) >= 11 is 6.62. The van der Waals surface area contributed by atoms with Crippen LogP contribution in [0.5, 0.6) is 0 Å². The van der Waals surface area contributed by atoms with Crippen LogP contribution in [0.1, 0.15) is 62.3 Å². The molecule has 4 rings (SSSR count). The number of hydrogen-bond donors (Lipinski definition) is 3. The van der Waals surface area contributed by atoms with Crippen LogP contribution in [0, 0.1) is 18.3 Å². The minimum absolute atomic E-state index is 0.00389. The van der Waals surface area contributed by atoms with Crippen LogP contribution in [-0.4, -0.2) is 71.3 Å². The molecule has 0 saturated carbocycles. The van der Waals surface area contributed by atoms with E-state index < -0.39 is 5.92 Å². The Balaban J connectivity index is 1.40. The number of carbonyl (C=O) groups excluding carboxylic acids is 3. The molecule has 1 aliphatic rings. The molecule has 0 spiro atoms. The van der Waals surface area contributed by atoms with Gasteiger partial charge in [-0.25, -0.2) is 0 Å². The van der Waals surface area contributed by atoms with Crippen molar-refractivity contribution < 1.29 is 14.4 Å². The second-order valence-electron chi connectivity index (χ2n) is 13.1. The van der Waals surface area contributed by atoms with Crippen molar-refractivity contribution >= 4 is 46.8 Å². The van der Waals surface area contributed by atoms with E-state index in [2.05, 4.69) is 66.5 Å². The number of aromatic nitrogens is 2. The zero-order valence-electron chi connectivity index (χ0n) is 26.0. The average molecular weight is 609 g/mol. The van der Waals surface area contributed by atoms with Crippen LogP contribution in [-0.2, 0) is 33.9 Å². The van der Waals surface area contributed by atoms with Gasteiger partial charge in [0.25, 0.3) is 0 Å². The summed E-state index contributed by atoms with van der Waals surface area (Å²) in [7, 11) is 2.09. The van der Waals surface area contributed by atoms with E-state index in [1.807, 2.05) is 23.1 Å². The van der Waals surface area contributed by atoms with Gasteiger partial charge in [0.15, 0.2) is 0 Å². The first-order valence-corrected chi connectivity index (χ1v) is 15.4. The number of piperidine rings is 1. The summed E-state index contributed by atoms with van der Waals surface area (Å²) in [6.07, 6.45) is 5.64. The third-order valence-electron chi connectivity index (χ3n) is 8.11. The van der Waals surface area contributed by atoms with Crippen LogP contribution in [0.2, 0.25) is 5.02 Å². The van der Waals surface area contributed by atoms with Crippen molar-refractivity contribution in [3.8, 4) is 0 Å². The Bertz CT molecular complexity index is 1420. The number of fused-ring (bicyclic) bond motifs is 1. The molecule has 1 atom stereocenters. The van der Waals surface area contributed by atoms with Gasteiger partial charge < -0.3 is 25.2 Å². The molecule has 43 heavy (non-hydrogen) atoms. The van der Waals surface area contributed by atoms with E-state index in [4.69, 9.17) is 11.6 Å². The van der Waals surface area contributed by atoms with E-state index in [-0.39, 0.29) is 23.8 Å². The minimum Gasteiger partial charge on any atom is -0.382 e. The molecule has 1 aliphatic heterocycles. The molecular formula is C33H45ClN6O3. The van der Waals surface area contributed by atoms with Crippen molar-refractivity contribution in [2.45, 2.75) is 72.5 Å². The van der Waals surface area contributed by atoms with Crippen LogP contribution in [0.3, 0.4) is 0 Å². The van der Waals surface area contributed by atoms with Crippen molar-refractivity contribution in [3.05, 3.63) is 57.7 Å². The Hall–Kier alpha value is -3.43. The first-order valence-electron chi connectivity index (χ1n) is 15.1. The Morgan fingerprint density at radius 2 is 1.98 bits per heavy atom. The third-order valence-corrected chi connectivity index (χ3v) is 8.40. The van der Waals surface area contributed by atoms with Gasteiger partial charge in [-0.15, -0.1) is 0 Å². The van der Waals surface area contributed by atoms with E-state index >= 15 is 0 Å². The Morgan fingerprint density at radius 3 is 2.65 bits per heavy atom. The summed E-state index contributed by atoms with van der Waals surface area (Å²) in [6, 6.07) is 8.19. The molecule has 1 unspecified atom stereocenters. The highest BCUT2D eigenvalue weighted by Crippen LogP contribution is 2.32. The van der Waals surface area contributed by atoms with Crippen molar-refractivity contribution in [1.29, 1.82) is 0 Å². The first kappa shape index (κ1) is 32.5. The normalized spacial score (nSPS) is 15.1. The fourth-order valence-electron chi connectivity index (χ4n) is 6.20. The number of hydrogen-bond acceptors (Lipinski definition) is 6. The molecule has 1 saturated heterocycles. The standard InChI is InChI=1S/C33H45ClN6O3/c1-22-7-6-8-24(16-35-21-42)31(22)37-26-9-11-40(12-10-26)30(43)14-23(19-41)13-25-15-29(34)32-27(17-36-38-32)28(25)18-39(5)20-33(2,3)4/h6-8,15,17,19,21,23,26,37H,9-14,16,18,20H2,1-5H3,(H,35,42)(H,36,38). The molecule has 3 aromatic rings. The van der Waals surface area contributed by atoms with Gasteiger partial charge in [-0.05, 0) is 67.0 Å². The molecule has 232 valence electrons.